The summed E-state index contributed by atoms with van der Waals surface area (Å²) < 4.78 is 0. The highest BCUT2D eigenvalue weighted by atomic mass is 16.4. The summed E-state index contributed by atoms with van der Waals surface area (Å²) in [4.78, 5) is 13.2. The molecule has 0 bridgehead atoms. The van der Waals surface area contributed by atoms with Gasteiger partial charge in [0, 0.05) is 19.6 Å². The van der Waals surface area contributed by atoms with Crippen molar-refractivity contribution in [2.75, 3.05) is 13.1 Å². The van der Waals surface area contributed by atoms with Crippen molar-refractivity contribution < 1.29 is 9.90 Å². The summed E-state index contributed by atoms with van der Waals surface area (Å²) in [6.45, 7) is 7.61. The number of aromatic carboxylic acids is 1. The Kier molecular flexibility index (Phi) is 3.20. The fourth-order valence-corrected chi connectivity index (χ4v) is 2.43. The molecule has 1 aliphatic heterocycles. The number of carboxylic acids is 1. The third-order valence-electron chi connectivity index (χ3n) is 3.64. The first kappa shape index (κ1) is 12.1. The highest BCUT2D eigenvalue weighted by Gasteiger charge is 2.36. The van der Waals surface area contributed by atoms with E-state index < -0.39 is 5.97 Å². The van der Waals surface area contributed by atoms with Crippen LogP contribution in [-0.4, -0.2) is 29.1 Å². The average Bonchev–Trinajstić information content (AvgIpc) is 2.27. The van der Waals surface area contributed by atoms with Gasteiger partial charge < -0.3 is 5.11 Å². The molecule has 0 saturated carbocycles. The number of rotatable bonds is 4. The molecule has 17 heavy (non-hydrogen) atoms. The number of benzene rings is 1. The third kappa shape index (κ3) is 2.67. The molecular formula is C14H19NO2. The van der Waals surface area contributed by atoms with Crippen LogP contribution in [-0.2, 0) is 6.54 Å². The first-order chi connectivity index (χ1) is 8.02. The van der Waals surface area contributed by atoms with E-state index in [4.69, 9.17) is 5.11 Å². The largest absolute Gasteiger partial charge is 0.478 e. The molecule has 0 radical (unpaired) electrons. The lowest BCUT2D eigenvalue weighted by Crippen LogP contribution is -2.53. The zero-order valence-electron chi connectivity index (χ0n) is 10.4. The van der Waals surface area contributed by atoms with Crippen LogP contribution < -0.4 is 0 Å². The van der Waals surface area contributed by atoms with Gasteiger partial charge in [0.2, 0.25) is 0 Å². The van der Waals surface area contributed by atoms with Gasteiger partial charge in [-0.25, -0.2) is 4.79 Å². The first-order valence-electron chi connectivity index (χ1n) is 6.07. The van der Waals surface area contributed by atoms with E-state index >= 15 is 0 Å². The third-order valence-corrected chi connectivity index (χ3v) is 3.64. The maximum atomic E-state index is 10.9. The number of nitrogens with zero attached hydrogens (tertiary/aromatic N) is 1. The average molecular weight is 233 g/mol. The van der Waals surface area contributed by atoms with E-state index in [1.807, 2.05) is 12.1 Å². The molecule has 0 amide bonds. The minimum atomic E-state index is -0.853. The van der Waals surface area contributed by atoms with E-state index in [-0.39, 0.29) is 0 Å². The van der Waals surface area contributed by atoms with Gasteiger partial charge in [-0.3, -0.25) is 4.90 Å². The Balaban J connectivity index is 1.97. The van der Waals surface area contributed by atoms with Gasteiger partial charge in [0.1, 0.15) is 0 Å². The van der Waals surface area contributed by atoms with Crippen LogP contribution in [0.2, 0.25) is 0 Å². The smallest absolute Gasteiger partial charge is 0.335 e. The quantitative estimate of drug-likeness (QED) is 0.869. The lowest BCUT2D eigenvalue weighted by atomic mass is 9.79. The van der Waals surface area contributed by atoms with Crippen LogP contribution in [0.4, 0.5) is 0 Å². The lowest BCUT2D eigenvalue weighted by Gasteiger charge is -2.48. The standard InChI is InChI=1S/C14H19NO2/c1-3-14(2)9-15(10-14)8-11-5-4-6-12(7-11)13(16)17/h4-7H,3,8-10H2,1-2H3,(H,16,17). The Labute approximate surface area is 102 Å². The van der Waals surface area contributed by atoms with Crippen molar-refractivity contribution in [3.63, 3.8) is 0 Å². The van der Waals surface area contributed by atoms with Gasteiger partial charge in [0.15, 0.2) is 0 Å². The Bertz CT molecular complexity index is 422. The summed E-state index contributed by atoms with van der Waals surface area (Å²) in [5, 5.41) is 8.92. The second-order valence-corrected chi connectivity index (χ2v) is 5.31. The van der Waals surface area contributed by atoms with E-state index in [1.165, 1.54) is 6.42 Å². The molecule has 1 aliphatic rings. The van der Waals surface area contributed by atoms with Gasteiger partial charge in [-0.15, -0.1) is 0 Å². The minimum absolute atomic E-state index is 0.376. The molecule has 0 aliphatic carbocycles. The van der Waals surface area contributed by atoms with Gasteiger partial charge in [-0.2, -0.15) is 0 Å². The molecular weight excluding hydrogens is 214 g/mol. The van der Waals surface area contributed by atoms with Crippen molar-refractivity contribution in [3.05, 3.63) is 35.4 Å². The lowest BCUT2D eigenvalue weighted by molar-refractivity contribution is 0.00618. The SMILES string of the molecule is CCC1(C)CN(Cc2cccc(C(=O)O)c2)C1. The highest BCUT2D eigenvalue weighted by molar-refractivity contribution is 5.87. The summed E-state index contributed by atoms with van der Waals surface area (Å²) in [7, 11) is 0. The number of likely N-dealkylation sites (tertiary alicyclic amines) is 1. The molecule has 0 spiro atoms. The van der Waals surface area contributed by atoms with Crippen LogP contribution in [0.3, 0.4) is 0 Å². The number of hydrogen-bond donors (Lipinski definition) is 1. The fraction of sp³-hybridized carbons (Fsp3) is 0.500. The molecule has 92 valence electrons. The van der Waals surface area contributed by atoms with Crippen molar-refractivity contribution >= 4 is 5.97 Å². The van der Waals surface area contributed by atoms with Gasteiger partial charge in [0.25, 0.3) is 0 Å². The summed E-state index contributed by atoms with van der Waals surface area (Å²) in [6.07, 6.45) is 1.21. The molecule has 1 aromatic carbocycles. The van der Waals surface area contributed by atoms with E-state index in [0.29, 0.717) is 11.0 Å². The fourth-order valence-electron chi connectivity index (χ4n) is 2.43. The molecule has 1 saturated heterocycles. The van der Waals surface area contributed by atoms with Crippen LogP contribution in [0, 0.1) is 5.41 Å². The molecule has 2 rings (SSSR count). The predicted octanol–water partition coefficient (Wildman–Crippen LogP) is 2.62. The van der Waals surface area contributed by atoms with E-state index in [1.54, 1.807) is 12.1 Å². The zero-order valence-corrected chi connectivity index (χ0v) is 10.4. The topological polar surface area (TPSA) is 40.5 Å². The predicted molar refractivity (Wildman–Crippen MR) is 67.1 cm³/mol. The summed E-state index contributed by atoms with van der Waals surface area (Å²) in [5.74, 6) is -0.853. The van der Waals surface area contributed by atoms with Crippen molar-refractivity contribution in [1.82, 2.24) is 4.90 Å². The Hall–Kier alpha value is -1.35. The molecule has 1 aromatic rings. The van der Waals surface area contributed by atoms with Crippen molar-refractivity contribution in [3.8, 4) is 0 Å². The second kappa shape index (κ2) is 4.49. The maximum absolute atomic E-state index is 10.9. The molecule has 1 N–H and O–H groups in total. The Morgan fingerprint density at radius 1 is 1.47 bits per heavy atom. The van der Waals surface area contributed by atoms with Gasteiger partial charge >= 0.3 is 5.97 Å². The zero-order chi connectivity index (χ0) is 12.5. The second-order valence-electron chi connectivity index (χ2n) is 5.31. The molecule has 1 heterocycles. The maximum Gasteiger partial charge on any atom is 0.335 e. The normalized spacial score (nSPS) is 18.7. The number of carboxylic acid groups (broad SMARTS) is 1. The summed E-state index contributed by atoms with van der Waals surface area (Å²) >= 11 is 0. The summed E-state index contributed by atoms with van der Waals surface area (Å²) in [5.41, 5.74) is 1.93. The van der Waals surface area contributed by atoms with Crippen molar-refractivity contribution in [2.45, 2.75) is 26.8 Å². The molecule has 3 nitrogen and oxygen atoms in total. The van der Waals surface area contributed by atoms with E-state index in [9.17, 15) is 4.79 Å². The van der Waals surface area contributed by atoms with Gasteiger partial charge in [0.05, 0.1) is 5.56 Å². The minimum Gasteiger partial charge on any atom is -0.478 e. The summed E-state index contributed by atoms with van der Waals surface area (Å²) in [6, 6.07) is 7.22. The van der Waals surface area contributed by atoms with Crippen LogP contribution in [0.25, 0.3) is 0 Å². The first-order valence-corrected chi connectivity index (χ1v) is 6.07. The van der Waals surface area contributed by atoms with Crippen molar-refractivity contribution in [2.24, 2.45) is 5.41 Å². The van der Waals surface area contributed by atoms with E-state index in [2.05, 4.69) is 18.7 Å². The molecule has 1 fully saturated rings. The van der Waals surface area contributed by atoms with Crippen LogP contribution in [0.1, 0.15) is 36.2 Å². The number of carbonyl (C=O) groups is 1. The van der Waals surface area contributed by atoms with E-state index in [0.717, 1.165) is 25.2 Å². The number of hydrogen-bond acceptors (Lipinski definition) is 2. The molecule has 3 heteroatoms. The van der Waals surface area contributed by atoms with Gasteiger partial charge in [-0.05, 0) is 29.5 Å². The monoisotopic (exact) mass is 233 g/mol. The van der Waals surface area contributed by atoms with Crippen LogP contribution >= 0.6 is 0 Å². The van der Waals surface area contributed by atoms with Crippen molar-refractivity contribution in [1.29, 1.82) is 0 Å². The Morgan fingerprint density at radius 3 is 2.76 bits per heavy atom. The van der Waals surface area contributed by atoms with Gasteiger partial charge in [-0.1, -0.05) is 26.0 Å². The Morgan fingerprint density at radius 2 is 2.18 bits per heavy atom. The highest BCUT2D eigenvalue weighted by Crippen LogP contribution is 2.33. The van der Waals surface area contributed by atoms with Crippen LogP contribution in [0.15, 0.2) is 24.3 Å². The van der Waals surface area contributed by atoms with Crippen LogP contribution in [0.5, 0.6) is 0 Å². The molecule has 0 aromatic heterocycles. The molecule has 0 unspecified atom stereocenters. The molecule has 0 atom stereocenters.